The fourth-order valence-electron chi connectivity index (χ4n) is 7.54. The Bertz CT molecular complexity index is 1080. The number of ether oxygens (including phenoxy) is 2. The number of rotatable bonds is 51. The molecule has 63 heavy (non-hydrogen) atoms. The second-order valence-electron chi connectivity index (χ2n) is 17.9. The fourth-order valence-corrected chi connectivity index (χ4v) is 8.33. The maximum atomic E-state index is 12.7. The third-order valence-electron chi connectivity index (χ3n) is 11.6. The number of carbonyl (C=O) groups excluding carboxylic acids is 1. The second-order valence-corrected chi connectivity index (χ2v) is 19.4. The molecule has 0 saturated carbocycles. The number of hydrogen-bond acceptors (Lipinski definition) is 8. The van der Waals surface area contributed by atoms with Crippen LogP contribution < -0.4 is 0 Å². The van der Waals surface area contributed by atoms with Crippen LogP contribution in [0.25, 0.3) is 0 Å². The summed E-state index contributed by atoms with van der Waals surface area (Å²) in [5.41, 5.74) is 0. The van der Waals surface area contributed by atoms with Gasteiger partial charge in [0.15, 0.2) is 0 Å². The van der Waals surface area contributed by atoms with Gasteiger partial charge in [-0.05, 0) is 51.4 Å². The standard InChI is InChI=1S/C53H101O9P/c1-3-5-7-9-11-13-15-17-19-21-23-25-27-29-31-33-35-37-39-41-43-45-53(56)62-52(50-61-63(57,58)60-48-51(55)47-54)49-59-46-44-42-40-38-36-34-32-30-28-26-24-22-20-18-16-14-12-10-8-6-4-2/h15,17,21,23,27,29,51-52,54-55H,3-14,16,18-20,22,24-26,28,30-50H2,1-2H3,(H,57,58)/b17-15-,23-21-,29-27-. The van der Waals surface area contributed by atoms with Crippen LogP contribution in [0.5, 0.6) is 0 Å². The van der Waals surface area contributed by atoms with Crippen molar-refractivity contribution in [3.8, 4) is 0 Å². The Balaban J connectivity index is 4.07. The van der Waals surface area contributed by atoms with Crippen molar-refractivity contribution < 1.29 is 43.0 Å². The molecular weight excluding hydrogens is 812 g/mol. The predicted octanol–water partition coefficient (Wildman–Crippen LogP) is 15.5. The summed E-state index contributed by atoms with van der Waals surface area (Å²) in [6.45, 7) is 3.54. The van der Waals surface area contributed by atoms with Gasteiger partial charge in [-0.2, -0.15) is 0 Å². The van der Waals surface area contributed by atoms with Crippen molar-refractivity contribution in [2.24, 2.45) is 0 Å². The van der Waals surface area contributed by atoms with E-state index in [1.807, 2.05) is 0 Å². The van der Waals surface area contributed by atoms with Crippen LogP contribution >= 0.6 is 7.82 Å². The van der Waals surface area contributed by atoms with Crippen molar-refractivity contribution >= 4 is 13.8 Å². The lowest BCUT2D eigenvalue weighted by molar-refractivity contribution is -0.154. The Kier molecular flexibility index (Phi) is 49.1. The average molecular weight is 913 g/mol. The molecule has 0 aliphatic rings. The highest BCUT2D eigenvalue weighted by Gasteiger charge is 2.26. The van der Waals surface area contributed by atoms with Crippen molar-refractivity contribution in [1.82, 2.24) is 0 Å². The molecule has 3 atom stereocenters. The maximum absolute atomic E-state index is 12.7. The van der Waals surface area contributed by atoms with E-state index in [0.29, 0.717) is 13.0 Å². The van der Waals surface area contributed by atoms with Gasteiger partial charge in [-0.25, -0.2) is 4.57 Å². The van der Waals surface area contributed by atoms with E-state index >= 15 is 0 Å². The van der Waals surface area contributed by atoms with Crippen LogP contribution in [-0.4, -0.2) is 66.3 Å². The lowest BCUT2D eigenvalue weighted by Crippen LogP contribution is -2.29. The van der Waals surface area contributed by atoms with E-state index in [9.17, 15) is 19.4 Å². The van der Waals surface area contributed by atoms with Gasteiger partial charge in [0.2, 0.25) is 0 Å². The van der Waals surface area contributed by atoms with Crippen molar-refractivity contribution in [1.29, 1.82) is 0 Å². The summed E-state index contributed by atoms with van der Waals surface area (Å²) in [7, 11) is -4.53. The molecule has 0 heterocycles. The minimum absolute atomic E-state index is 0.0472. The number of carbonyl (C=O) groups is 1. The van der Waals surface area contributed by atoms with Gasteiger partial charge in [-0.3, -0.25) is 13.8 Å². The third kappa shape index (κ3) is 49.9. The number of aliphatic hydroxyl groups is 2. The molecule has 0 aromatic heterocycles. The highest BCUT2D eigenvalue weighted by Crippen LogP contribution is 2.43. The van der Waals surface area contributed by atoms with Crippen molar-refractivity contribution in [3.63, 3.8) is 0 Å². The molecule has 0 aliphatic heterocycles. The molecular formula is C53H101O9P. The summed E-state index contributed by atoms with van der Waals surface area (Å²) in [4.78, 5) is 22.7. The predicted molar refractivity (Wildman–Crippen MR) is 265 cm³/mol. The van der Waals surface area contributed by atoms with Crippen LogP contribution in [0.15, 0.2) is 36.5 Å². The molecule has 0 spiro atoms. The molecule has 0 aliphatic carbocycles. The summed E-state index contributed by atoms with van der Waals surface area (Å²) in [5, 5.41) is 18.4. The van der Waals surface area contributed by atoms with Crippen molar-refractivity contribution in [3.05, 3.63) is 36.5 Å². The molecule has 0 aromatic rings. The van der Waals surface area contributed by atoms with Crippen LogP contribution in [0.4, 0.5) is 0 Å². The minimum Gasteiger partial charge on any atom is -0.457 e. The number of aliphatic hydroxyl groups excluding tert-OH is 2. The van der Waals surface area contributed by atoms with E-state index in [1.165, 1.54) is 173 Å². The van der Waals surface area contributed by atoms with E-state index in [-0.39, 0.29) is 19.6 Å². The SMILES string of the molecule is CCCCCCC/C=C\C/C=C\C/C=C\CCCCCCCCC(=O)OC(COCCCCCCCCCCCCCCCCCCCCCCC)COP(=O)(O)OCC(O)CO. The molecule has 3 N–H and O–H groups in total. The van der Waals surface area contributed by atoms with Gasteiger partial charge in [0.05, 0.1) is 26.4 Å². The van der Waals surface area contributed by atoms with E-state index in [4.69, 9.17) is 23.6 Å². The van der Waals surface area contributed by atoms with Gasteiger partial charge in [0, 0.05) is 13.0 Å². The van der Waals surface area contributed by atoms with Gasteiger partial charge >= 0.3 is 13.8 Å². The van der Waals surface area contributed by atoms with Gasteiger partial charge in [-0.15, -0.1) is 0 Å². The number of hydrogen-bond donors (Lipinski definition) is 3. The summed E-state index contributed by atoms with van der Waals surface area (Å²) >= 11 is 0. The van der Waals surface area contributed by atoms with Gasteiger partial charge in [-0.1, -0.05) is 230 Å². The number of allylic oxidation sites excluding steroid dienone is 6. The first-order valence-corrected chi connectivity index (χ1v) is 28.0. The summed E-state index contributed by atoms with van der Waals surface area (Å²) in [5.74, 6) is -0.390. The largest absolute Gasteiger partial charge is 0.472 e. The van der Waals surface area contributed by atoms with Crippen LogP contribution in [0.2, 0.25) is 0 Å². The van der Waals surface area contributed by atoms with Crippen LogP contribution in [0.1, 0.15) is 251 Å². The number of phosphoric acid groups is 1. The molecule has 0 amide bonds. The van der Waals surface area contributed by atoms with E-state index in [2.05, 4.69) is 50.3 Å². The Morgan fingerprint density at radius 1 is 0.492 bits per heavy atom. The molecule has 3 unspecified atom stereocenters. The summed E-state index contributed by atoms with van der Waals surface area (Å²) < 4.78 is 33.6. The van der Waals surface area contributed by atoms with E-state index < -0.39 is 39.2 Å². The maximum Gasteiger partial charge on any atom is 0.472 e. The molecule has 0 rings (SSSR count). The monoisotopic (exact) mass is 913 g/mol. The van der Waals surface area contributed by atoms with Crippen LogP contribution in [0, 0.1) is 0 Å². The molecule has 0 radical (unpaired) electrons. The minimum atomic E-state index is -4.53. The molecule has 0 saturated heterocycles. The first-order valence-electron chi connectivity index (χ1n) is 26.5. The second kappa shape index (κ2) is 50.1. The van der Waals surface area contributed by atoms with E-state index in [1.54, 1.807) is 0 Å². The normalized spacial score (nSPS) is 14.0. The van der Waals surface area contributed by atoms with Gasteiger partial charge in [0.25, 0.3) is 0 Å². The zero-order valence-electron chi connectivity index (χ0n) is 41.1. The fraction of sp³-hybridized carbons (Fsp3) is 0.868. The first-order chi connectivity index (χ1) is 30.8. The zero-order chi connectivity index (χ0) is 46.0. The van der Waals surface area contributed by atoms with Crippen LogP contribution in [-0.2, 0) is 27.9 Å². The molecule has 0 aromatic carbocycles. The average Bonchev–Trinajstić information content (AvgIpc) is 3.28. The molecule has 9 nitrogen and oxygen atoms in total. The summed E-state index contributed by atoms with van der Waals surface area (Å²) in [6, 6.07) is 0. The Morgan fingerprint density at radius 3 is 1.29 bits per heavy atom. The molecule has 10 heteroatoms. The number of phosphoric ester groups is 1. The Hall–Kier alpha value is -1.32. The number of unbranched alkanes of at least 4 members (excludes halogenated alkanes) is 31. The lowest BCUT2D eigenvalue weighted by atomic mass is 10.0. The first kappa shape index (κ1) is 61.7. The quantitative estimate of drug-likeness (QED) is 0.0236. The van der Waals surface area contributed by atoms with Crippen molar-refractivity contribution in [2.45, 2.75) is 264 Å². The lowest BCUT2D eigenvalue weighted by Gasteiger charge is -2.20. The Morgan fingerprint density at radius 2 is 0.857 bits per heavy atom. The zero-order valence-corrected chi connectivity index (χ0v) is 42.0. The smallest absolute Gasteiger partial charge is 0.457 e. The van der Waals surface area contributed by atoms with Crippen molar-refractivity contribution in [2.75, 3.05) is 33.0 Å². The molecule has 0 bridgehead atoms. The van der Waals surface area contributed by atoms with E-state index in [0.717, 1.165) is 51.4 Å². The molecule has 372 valence electrons. The third-order valence-corrected chi connectivity index (χ3v) is 12.5. The highest BCUT2D eigenvalue weighted by atomic mass is 31.2. The van der Waals surface area contributed by atoms with Crippen LogP contribution in [0.3, 0.4) is 0 Å². The Labute approximate surface area is 388 Å². The summed E-state index contributed by atoms with van der Waals surface area (Å²) in [6.07, 6.45) is 56.8. The number of esters is 1. The molecule has 0 fully saturated rings. The topological polar surface area (TPSA) is 132 Å². The van der Waals surface area contributed by atoms with Gasteiger partial charge in [0.1, 0.15) is 12.2 Å². The highest BCUT2D eigenvalue weighted by molar-refractivity contribution is 7.47. The van der Waals surface area contributed by atoms with Gasteiger partial charge < -0.3 is 24.6 Å².